The Labute approximate surface area is 102 Å². The number of aryl methyl sites for hydroxylation is 1. The van der Waals surface area contributed by atoms with Crippen LogP contribution in [0.3, 0.4) is 0 Å². The molecule has 1 aromatic carbocycles. The molecule has 17 heavy (non-hydrogen) atoms. The van der Waals surface area contributed by atoms with Crippen LogP contribution < -0.4 is 0 Å². The van der Waals surface area contributed by atoms with E-state index >= 15 is 0 Å². The number of nitriles is 1. The number of hydrogen-bond donors (Lipinski definition) is 1. The summed E-state index contributed by atoms with van der Waals surface area (Å²) in [5, 5.41) is 17.9. The van der Waals surface area contributed by atoms with E-state index < -0.39 is 5.97 Å². The van der Waals surface area contributed by atoms with Gasteiger partial charge in [-0.2, -0.15) is 5.26 Å². The second kappa shape index (κ2) is 5.49. The molecule has 0 aromatic heterocycles. The highest BCUT2D eigenvalue weighted by Gasteiger charge is 2.15. The lowest BCUT2D eigenvalue weighted by molar-refractivity contribution is -0.136. The van der Waals surface area contributed by atoms with Crippen LogP contribution in [-0.4, -0.2) is 11.1 Å². The van der Waals surface area contributed by atoms with Crippen LogP contribution in [0.4, 0.5) is 0 Å². The highest BCUT2D eigenvalue weighted by molar-refractivity contribution is 5.72. The van der Waals surface area contributed by atoms with Crippen molar-refractivity contribution in [1.29, 1.82) is 5.26 Å². The molecule has 3 heteroatoms. The maximum Gasteiger partial charge on any atom is 0.307 e. The number of carbonyl (C=O) groups is 1. The Balaban J connectivity index is 3.41. The first kappa shape index (κ1) is 13.2. The minimum Gasteiger partial charge on any atom is -0.481 e. The lowest BCUT2D eigenvalue weighted by Gasteiger charge is -2.16. The molecule has 0 saturated carbocycles. The van der Waals surface area contributed by atoms with Crippen molar-refractivity contribution in [2.45, 2.75) is 39.5 Å². The standard InChI is InChI=1S/C14H17NO2/c1-4-11-5-10(8-15)6-12(9(2)3)13(11)7-14(16)17/h5-6,9H,4,7H2,1-3H3,(H,16,17). The zero-order valence-corrected chi connectivity index (χ0v) is 10.4. The smallest absolute Gasteiger partial charge is 0.307 e. The largest absolute Gasteiger partial charge is 0.481 e. The van der Waals surface area contributed by atoms with Crippen molar-refractivity contribution in [2.24, 2.45) is 0 Å². The quantitative estimate of drug-likeness (QED) is 0.866. The summed E-state index contributed by atoms with van der Waals surface area (Å²) in [5.74, 6) is -0.603. The highest BCUT2D eigenvalue weighted by atomic mass is 16.4. The lowest BCUT2D eigenvalue weighted by Crippen LogP contribution is -2.09. The Morgan fingerprint density at radius 1 is 1.47 bits per heavy atom. The van der Waals surface area contributed by atoms with E-state index in [4.69, 9.17) is 10.4 Å². The summed E-state index contributed by atoms with van der Waals surface area (Å²) in [4.78, 5) is 10.9. The Morgan fingerprint density at radius 2 is 2.12 bits per heavy atom. The number of aliphatic carboxylic acids is 1. The second-order valence-corrected chi connectivity index (χ2v) is 4.39. The van der Waals surface area contributed by atoms with Crippen molar-refractivity contribution in [3.05, 3.63) is 34.4 Å². The van der Waals surface area contributed by atoms with E-state index in [2.05, 4.69) is 6.07 Å². The van der Waals surface area contributed by atoms with Gasteiger partial charge < -0.3 is 5.11 Å². The molecular formula is C14H17NO2. The summed E-state index contributed by atoms with van der Waals surface area (Å²) < 4.78 is 0. The molecule has 0 heterocycles. The fourth-order valence-corrected chi connectivity index (χ4v) is 2.02. The van der Waals surface area contributed by atoms with Gasteiger partial charge in [-0.3, -0.25) is 4.79 Å². The summed E-state index contributed by atoms with van der Waals surface area (Å²) >= 11 is 0. The highest BCUT2D eigenvalue weighted by Crippen LogP contribution is 2.25. The van der Waals surface area contributed by atoms with Gasteiger partial charge in [0.25, 0.3) is 0 Å². The monoisotopic (exact) mass is 231 g/mol. The molecule has 0 amide bonds. The van der Waals surface area contributed by atoms with Crippen LogP contribution in [0.25, 0.3) is 0 Å². The number of carboxylic acid groups (broad SMARTS) is 1. The molecule has 0 bridgehead atoms. The molecular weight excluding hydrogens is 214 g/mol. The average Bonchev–Trinajstić information content (AvgIpc) is 2.28. The zero-order chi connectivity index (χ0) is 13.0. The van der Waals surface area contributed by atoms with Crippen LogP contribution in [-0.2, 0) is 17.6 Å². The third-order valence-electron chi connectivity index (χ3n) is 2.84. The summed E-state index contributed by atoms with van der Waals surface area (Å²) in [6.45, 7) is 6.01. The van der Waals surface area contributed by atoms with Crippen LogP contribution in [0.1, 0.15) is 48.9 Å². The molecule has 1 aromatic rings. The van der Waals surface area contributed by atoms with Crippen LogP contribution in [0.15, 0.2) is 12.1 Å². The maximum atomic E-state index is 10.9. The molecule has 0 atom stereocenters. The van der Waals surface area contributed by atoms with Crippen molar-refractivity contribution in [3.63, 3.8) is 0 Å². The molecule has 0 unspecified atom stereocenters. The summed E-state index contributed by atoms with van der Waals surface area (Å²) in [5.41, 5.74) is 3.42. The molecule has 0 spiro atoms. The van der Waals surface area contributed by atoms with Gasteiger partial charge in [0.2, 0.25) is 0 Å². The normalized spacial score (nSPS) is 10.3. The minimum absolute atomic E-state index is 0.0302. The Hall–Kier alpha value is -1.82. The fourth-order valence-electron chi connectivity index (χ4n) is 2.02. The van der Waals surface area contributed by atoms with Crippen LogP contribution in [0.5, 0.6) is 0 Å². The molecule has 0 aliphatic rings. The number of hydrogen-bond acceptors (Lipinski definition) is 2. The summed E-state index contributed by atoms with van der Waals surface area (Å²) in [6.07, 6.45) is 0.778. The zero-order valence-electron chi connectivity index (χ0n) is 10.4. The van der Waals surface area contributed by atoms with Crippen molar-refractivity contribution in [3.8, 4) is 6.07 Å². The first-order valence-corrected chi connectivity index (χ1v) is 5.77. The molecule has 0 aliphatic carbocycles. The third-order valence-corrected chi connectivity index (χ3v) is 2.84. The molecule has 0 aliphatic heterocycles. The van der Waals surface area contributed by atoms with Gasteiger partial charge in [0.1, 0.15) is 0 Å². The third kappa shape index (κ3) is 3.07. The fraction of sp³-hybridized carbons (Fsp3) is 0.429. The van der Waals surface area contributed by atoms with Gasteiger partial charge >= 0.3 is 5.97 Å². The van der Waals surface area contributed by atoms with E-state index in [1.54, 1.807) is 6.07 Å². The van der Waals surface area contributed by atoms with E-state index in [1.807, 2.05) is 26.8 Å². The lowest BCUT2D eigenvalue weighted by atomic mass is 9.88. The molecule has 0 fully saturated rings. The van der Waals surface area contributed by atoms with Gasteiger partial charge in [-0.25, -0.2) is 0 Å². The number of carboxylic acids is 1. The van der Waals surface area contributed by atoms with E-state index in [0.717, 1.165) is 23.1 Å². The second-order valence-electron chi connectivity index (χ2n) is 4.39. The maximum absolute atomic E-state index is 10.9. The predicted molar refractivity (Wildman–Crippen MR) is 66.0 cm³/mol. The molecule has 0 saturated heterocycles. The van der Waals surface area contributed by atoms with E-state index in [1.165, 1.54) is 0 Å². The minimum atomic E-state index is -0.827. The Kier molecular flexibility index (Phi) is 4.28. The number of benzene rings is 1. The van der Waals surface area contributed by atoms with E-state index in [9.17, 15) is 4.79 Å². The van der Waals surface area contributed by atoms with E-state index in [0.29, 0.717) is 5.56 Å². The number of nitrogens with zero attached hydrogens (tertiary/aromatic N) is 1. The van der Waals surface area contributed by atoms with Gasteiger partial charge in [0, 0.05) is 0 Å². The Bertz CT molecular complexity index is 470. The average molecular weight is 231 g/mol. The first-order chi connectivity index (χ1) is 7.99. The van der Waals surface area contributed by atoms with E-state index in [-0.39, 0.29) is 12.3 Å². The van der Waals surface area contributed by atoms with Crippen LogP contribution in [0.2, 0.25) is 0 Å². The van der Waals surface area contributed by atoms with Crippen molar-refractivity contribution >= 4 is 5.97 Å². The molecule has 1 N–H and O–H groups in total. The summed E-state index contributed by atoms with van der Waals surface area (Å²) in [6, 6.07) is 5.73. The first-order valence-electron chi connectivity index (χ1n) is 5.77. The van der Waals surface area contributed by atoms with Crippen LogP contribution in [0, 0.1) is 11.3 Å². The van der Waals surface area contributed by atoms with Gasteiger partial charge in [-0.05, 0) is 41.2 Å². The van der Waals surface area contributed by atoms with Gasteiger partial charge in [-0.15, -0.1) is 0 Å². The predicted octanol–water partition coefficient (Wildman–Crippen LogP) is 2.87. The van der Waals surface area contributed by atoms with Crippen molar-refractivity contribution in [1.82, 2.24) is 0 Å². The summed E-state index contributed by atoms with van der Waals surface area (Å²) in [7, 11) is 0. The van der Waals surface area contributed by atoms with Gasteiger partial charge in [-0.1, -0.05) is 20.8 Å². The van der Waals surface area contributed by atoms with Crippen LogP contribution >= 0.6 is 0 Å². The molecule has 90 valence electrons. The van der Waals surface area contributed by atoms with Crippen molar-refractivity contribution in [2.75, 3.05) is 0 Å². The molecule has 3 nitrogen and oxygen atoms in total. The number of rotatable bonds is 4. The van der Waals surface area contributed by atoms with Gasteiger partial charge in [0.05, 0.1) is 18.1 Å². The Morgan fingerprint density at radius 3 is 2.53 bits per heavy atom. The van der Waals surface area contributed by atoms with Crippen molar-refractivity contribution < 1.29 is 9.90 Å². The molecule has 1 rings (SSSR count). The SMILES string of the molecule is CCc1cc(C#N)cc(C(C)C)c1CC(=O)O. The molecule has 0 radical (unpaired) electrons. The van der Waals surface area contributed by atoms with Gasteiger partial charge in [0.15, 0.2) is 0 Å². The topological polar surface area (TPSA) is 61.1 Å².